The standard InChI is InChI=1S/C14H18N2O6/c1-4-12(20-9(3)17)14(19)21-22-16-11-6-5-8(2)7-10(11)13(15)18/h5-7,12,16H,4H2,1-3H3,(H2,15,18). The second-order valence-electron chi connectivity index (χ2n) is 4.51. The number of carbonyl (C=O) groups is 3. The molecule has 0 radical (unpaired) electrons. The topological polar surface area (TPSA) is 117 Å². The third-order valence-corrected chi connectivity index (χ3v) is 2.66. The first-order chi connectivity index (χ1) is 10.3. The second-order valence-corrected chi connectivity index (χ2v) is 4.51. The van der Waals surface area contributed by atoms with Crippen LogP contribution in [0.2, 0.25) is 0 Å². The van der Waals surface area contributed by atoms with Crippen molar-refractivity contribution in [1.82, 2.24) is 0 Å². The van der Waals surface area contributed by atoms with E-state index < -0.39 is 23.9 Å². The Morgan fingerprint density at radius 2 is 2.00 bits per heavy atom. The lowest BCUT2D eigenvalue weighted by atomic mass is 10.1. The number of nitrogens with one attached hydrogen (secondary N) is 1. The summed E-state index contributed by atoms with van der Waals surface area (Å²) >= 11 is 0. The molecule has 1 atom stereocenters. The number of hydrogen-bond acceptors (Lipinski definition) is 7. The molecule has 0 saturated heterocycles. The van der Waals surface area contributed by atoms with Gasteiger partial charge in [0.1, 0.15) is 0 Å². The maximum Gasteiger partial charge on any atom is 0.385 e. The molecule has 1 rings (SSSR count). The van der Waals surface area contributed by atoms with Gasteiger partial charge in [0.2, 0.25) is 6.10 Å². The number of benzene rings is 1. The van der Waals surface area contributed by atoms with Crippen molar-refractivity contribution in [1.29, 1.82) is 0 Å². The molecule has 0 bridgehead atoms. The van der Waals surface area contributed by atoms with Crippen LogP contribution in [0.3, 0.4) is 0 Å². The lowest BCUT2D eigenvalue weighted by Crippen LogP contribution is -2.28. The van der Waals surface area contributed by atoms with E-state index in [0.717, 1.165) is 5.56 Å². The summed E-state index contributed by atoms with van der Waals surface area (Å²) in [4.78, 5) is 42.8. The van der Waals surface area contributed by atoms with Gasteiger partial charge in [-0.15, -0.1) is 0 Å². The van der Waals surface area contributed by atoms with Crippen LogP contribution in [0.5, 0.6) is 0 Å². The van der Waals surface area contributed by atoms with Crippen molar-refractivity contribution < 1.29 is 29.0 Å². The van der Waals surface area contributed by atoms with Crippen molar-refractivity contribution in [2.75, 3.05) is 5.48 Å². The summed E-state index contributed by atoms with van der Waals surface area (Å²) in [6.07, 6.45) is -0.827. The van der Waals surface area contributed by atoms with E-state index in [1.165, 1.54) is 6.92 Å². The van der Waals surface area contributed by atoms with Gasteiger partial charge in [-0.25, -0.2) is 10.3 Å². The molecular weight excluding hydrogens is 292 g/mol. The van der Waals surface area contributed by atoms with E-state index in [1.54, 1.807) is 32.0 Å². The smallest absolute Gasteiger partial charge is 0.385 e. The molecule has 8 heteroatoms. The van der Waals surface area contributed by atoms with Crippen LogP contribution in [-0.2, 0) is 24.2 Å². The van der Waals surface area contributed by atoms with E-state index in [4.69, 9.17) is 10.5 Å². The minimum atomic E-state index is -1.06. The van der Waals surface area contributed by atoms with Crippen LogP contribution in [0.25, 0.3) is 0 Å². The molecule has 3 N–H and O–H groups in total. The molecule has 22 heavy (non-hydrogen) atoms. The third-order valence-electron chi connectivity index (χ3n) is 2.66. The van der Waals surface area contributed by atoms with Crippen LogP contribution in [0.4, 0.5) is 5.69 Å². The van der Waals surface area contributed by atoms with Gasteiger partial charge in [-0.05, 0) is 25.5 Å². The summed E-state index contributed by atoms with van der Waals surface area (Å²) in [5.41, 5.74) is 8.80. The summed E-state index contributed by atoms with van der Waals surface area (Å²) in [7, 11) is 0. The Bertz CT molecular complexity index is 572. The van der Waals surface area contributed by atoms with E-state index in [0.29, 0.717) is 0 Å². The maximum absolute atomic E-state index is 11.6. The van der Waals surface area contributed by atoms with Crippen LogP contribution >= 0.6 is 0 Å². The number of nitrogens with two attached hydrogens (primary N) is 1. The molecule has 1 unspecified atom stereocenters. The monoisotopic (exact) mass is 310 g/mol. The Morgan fingerprint density at radius 3 is 2.55 bits per heavy atom. The second kappa shape index (κ2) is 7.99. The molecule has 0 aliphatic carbocycles. The summed E-state index contributed by atoms with van der Waals surface area (Å²) in [5, 5.41) is 0. The Labute approximate surface area is 127 Å². The summed E-state index contributed by atoms with van der Waals surface area (Å²) in [6, 6.07) is 4.82. The average Bonchev–Trinajstić information content (AvgIpc) is 2.45. The number of carbonyl (C=O) groups excluding carboxylic acids is 3. The summed E-state index contributed by atoms with van der Waals surface area (Å²) < 4.78 is 4.75. The molecule has 0 spiro atoms. The number of hydrogen-bond donors (Lipinski definition) is 2. The number of amides is 1. The lowest BCUT2D eigenvalue weighted by molar-refractivity contribution is -0.263. The van der Waals surface area contributed by atoms with Crippen LogP contribution in [0.1, 0.15) is 36.2 Å². The number of rotatable bonds is 7. The highest BCUT2D eigenvalue weighted by atomic mass is 17.3. The zero-order valence-electron chi connectivity index (χ0n) is 12.5. The normalized spacial score (nSPS) is 11.4. The van der Waals surface area contributed by atoms with E-state index in [1.807, 2.05) is 0 Å². The SMILES string of the molecule is CCC(OC(C)=O)C(=O)OONc1ccc(C)cc1C(N)=O. The van der Waals surface area contributed by atoms with E-state index in [2.05, 4.69) is 15.4 Å². The molecule has 120 valence electrons. The van der Waals surface area contributed by atoms with Gasteiger partial charge in [0.25, 0.3) is 5.91 Å². The van der Waals surface area contributed by atoms with Crippen molar-refractivity contribution >= 4 is 23.5 Å². The van der Waals surface area contributed by atoms with Gasteiger partial charge >= 0.3 is 11.9 Å². The van der Waals surface area contributed by atoms with Gasteiger partial charge in [-0.2, -0.15) is 0 Å². The fraction of sp³-hybridized carbons (Fsp3) is 0.357. The first-order valence-corrected chi connectivity index (χ1v) is 6.56. The molecule has 0 fully saturated rings. The van der Waals surface area contributed by atoms with Crippen LogP contribution in [0.15, 0.2) is 18.2 Å². The maximum atomic E-state index is 11.6. The highest BCUT2D eigenvalue weighted by Gasteiger charge is 2.22. The fourth-order valence-corrected chi connectivity index (χ4v) is 1.61. The zero-order valence-corrected chi connectivity index (χ0v) is 12.5. The molecule has 0 saturated carbocycles. The largest absolute Gasteiger partial charge is 0.450 e. The third kappa shape index (κ3) is 5.06. The van der Waals surface area contributed by atoms with E-state index in [9.17, 15) is 14.4 Å². The van der Waals surface area contributed by atoms with Gasteiger partial charge in [0, 0.05) is 6.92 Å². The lowest BCUT2D eigenvalue weighted by Gasteiger charge is -2.13. The number of esters is 1. The van der Waals surface area contributed by atoms with Crippen molar-refractivity contribution in [3.8, 4) is 0 Å². The van der Waals surface area contributed by atoms with Gasteiger partial charge < -0.3 is 10.5 Å². The van der Waals surface area contributed by atoms with Crippen molar-refractivity contribution in [3.05, 3.63) is 29.3 Å². The molecule has 1 aromatic carbocycles. The van der Waals surface area contributed by atoms with E-state index >= 15 is 0 Å². The average molecular weight is 310 g/mol. The van der Waals surface area contributed by atoms with Gasteiger partial charge in [-0.1, -0.05) is 23.5 Å². The van der Waals surface area contributed by atoms with Gasteiger partial charge in [0.15, 0.2) is 0 Å². The molecule has 8 nitrogen and oxygen atoms in total. The summed E-state index contributed by atoms with van der Waals surface area (Å²) in [6.45, 7) is 4.62. The van der Waals surface area contributed by atoms with Crippen LogP contribution < -0.4 is 11.2 Å². The van der Waals surface area contributed by atoms with Crippen molar-refractivity contribution in [3.63, 3.8) is 0 Å². The molecule has 0 aromatic heterocycles. The number of ether oxygens (including phenoxy) is 1. The fourth-order valence-electron chi connectivity index (χ4n) is 1.61. The molecule has 1 amide bonds. The first-order valence-electron chi connectivity index (χ1n) is 6.56. The molecule has 0 aliphatic heterocycles. The molecular formula is C14H18N2O6. The first kappa shape index (κ1) is 17.4. The predicted octanol–water partition coefficient (Wildman–Crippen LogP) is 1.24. The number of aryl methyl sites for hydroxylation is 1. The van der Waals surface area contributed by atoms with Gasteiger partial charge in [0.05, 0.1) is 11.3 Å². The predicted molar refractivity (Wildman–Crippen MR) is 76.3 cm³/mol. The zero-order chi connectivity index (χ0) is 16.7. The highest BCUT2D eigenvalue weighted by molar-refractivity contribution is 5.98. The Balaban J connectivity index is 2.62. The van der Waals surface area contributed by atoms with Crippen molar-refractivity contribution in [2.24, 2.45) is 5.73 Å². The Hall–Kier alpha value is -2.61. The van der Waals surface area contributed by atoms with Crippen molar-refractivity contribution in [2.45, 2.75) is 33.3 Å². The number of anilines is 1. The highest BCUT2D eigenvalue weighted by Crippen LogP contribution is 2.17. The molecule has 1 aromatic rings. The van der Waals surface area contributed by atoms with Crippen LogP contribution in [-0.4, -0.2) is 23.9 Å². The molecule has 0 aliphatic rings. The minimum absolute atomic E-state index is 0.183. The molecule has 0 heterocycles. The quantitative estimate of drug-likeness (QED) is 0.442. The van der Waals surface area contributed by atoms with E-state index in [-0.39, 0.29) is 17.7 Å². The number of primary amides is 1. The summed E-state index contributed by atoms with van der Waals surface area (Å²) in [5.74, 6) is -2.14. The van der Waals surface area contributed by atoms with Gasteiger partial charge in [-0.3, -0.25) is 14.5 Å². The minimum Gasteiger partial charge on any atom is -0.450 e. The van der Waals surface area contributed by atoms with Crippen LogP contribution in [0, 0.1) is 6.92 Å². The Morgan fingerprint density at radius 1 is 1.32 bits per heavy atom. The Kier molecular flexibility index (Phi) is 6.33.